The molecule has 2 aromatic rings. The summed E-state index contributed by atoms with van der Waals surface area (Å²) >= 11 is -0.514. The van der Waals surface area contributed by atoms with Crippen molar-refractivity contribution in [1.82, 2.24) is 5.32 Å². The molecule has 148 valence electrons. The topological polar surface area (TPSA) is 75.6 Å². The number of hydrogen-bond donors (Lipinski definition) is 2. The van der Waals surface area contributed by atoms with Crippen molar-refractivity contribution in [3.8, 4) is 11.1 Å². The zero-order chi connectivity index (χ0) is 20.3. The van der Waals surface area contributed by atoms with Crippen LogP contribution in [0.4, 0.5) is 18.0 Å². The second-order valence-corrected chi connectivity index (χ2v) is 7.20. The summed E-state index contributed by atoms with van der Waals surface area (Å²) in [6.07, 6.45) is -1.07. The standard InChI is InChI=1S/C19H16F3NO4S/c20-19(21,22)28-10-16(17(24)25)23-18(26)27-9-15-13-7-3-1-5-11(13)12-6-2-4-8-14(12)15/h1-8,15-16H,9-10H2,(H,23,26)(H,24,25). The lowest BCUT2D eigenvalue weighted by molar-refractivity contribution is -0.138. The zero-order valence-corrected chi connectivity index (χ0v) is 15.2. The number of halogens is 3. The molecule has 0 aromatic heterocycles. The van der Waals surface area contributed by atoms with E-state index in [2.05, 4.69) is 0 Å². The molecule has 3 rings (SSSR count). The quantitative estimate of drug-likeness (QED) is 0.744. The number of hydrogen-bond acceptors (Lipinski definition) is 4. The average molecular weight is 411 g/mol. The van der Waals surface area contributed by atoms with Crippen LogP contribution < -0.4 is 5.32 Å². The maximum atomic E-state index is 12.3. The third-order valence-electron chi connectivity index (χ3n) is 4.35. The normalized spacial score (nSPS) is 14.1. The molecule has 2 aromatic carbocycles. The Morgan fingerprint density at radius 1 is 1.07 bits per heavy atom. The van der Waals surface area contributed by atoms with Gasteiger partial charge in [-0.15, -0.1) is 0 Å². The minimum Gasteiger partial charge on any atom is -0.480 e. The molecule has 0 spiro atoms. The van der Waals surface area contributed by atoms with Gasteiger partial charge >= 0.3 is 17.6 Å². The molecule has 28 heavy (non-hydrogen) atoms. The summed E-state index contributed by atoms with van der Waals surface area (Å²) in [5.41, 5.74) is -0.594. The summed E-state index contributed by atoms with van der Waals surface area (Å²) in [7, 11) is 0. The van der Waals surface area contributed by atoms with Crippen LogP contribution in [0.15, 0.2) is 48.5 Å². The SMILES string of the molecule is O=C(NC(CSC(F)(F)F)C(=O)O)OCC1c2ccccc2-c2ccccc21. The van der Waals surface area contributed by atoms with E-state index in [1.165, 1.54) is 0 Å². The van der Waals surface area contributed by atoms with Gasteiger partial charge in [0.2, 0.25) is 0 Å². The molecule has 2 N–H and O–H groups in total. The first kappa shape index (κ1) is 20.1. The van der Waals surface area contributed by atoms with Crippen molar-refractivity contribution in [3.63, 3.8) is 0 Å². The molecule has 0 radical (unpaired) electrons. The summed E-state index contributed by atoms with van der Waals surface area (Å²) in [6, 6.07) is 13.6. The molecule has 1 unspecified atom stereocenters. The number of aliphatic carboxylic acids is 1. The summed E-state index contributed by atoms with van der Waals surface area (Å²) in [4.78, 5) is 23.1. The van der Waals surface area contributed by atoms with E-state index < -0.39 is 41.1 Å². The van der Waals surface area contributed by atoms with Crippen molar-refractivity contribution in [2.24, 2.45) is 0 Å². The molecule has 1 atom stereocenters. The number of benzene rings is 2. The number of nitrogens with one attached hydrogen (secondary N) is 1. The molecule has 0 saturated carbocycles. The van der Waals surface area contributed by atoms with E-state index in [1.54, 1.807) is 0 Å². The van der Waals surface area contributed by atoms with Gasteiger partial charge in [-0.1, -0.05) is 48.5 Å². The Kier molecular flexibility index (Phi) is 5.83. The fraction of sp³-hybridized carbons (Fsp3) is 0.263. The minimum atomic E-state index is -4.59. The number of rotatable bonds is 6. The Morgan fingerprint density at radius 3 is 2.11 bits per heavy atom. The van der Waals surface area contributed by atoms with E-state index in [0.29, 0.717) is 0 Å². The van der Waals surface area contributed by atoms with E-state index in [4.69, 9.17) is 9.84 Å². The van der Waals surface area contributed by atoms with Gasteiger partial charge in [0.05, 0.1) is 0 Å². The summed E-state index contributed by atoms with van der Waals surface area (Å²) in [5, 5.41) is 11.0. The van der Waals surface area contributed by atoms with Crippen LogP contribution in [-0.2, 0) is 9.53 Å². The van der Waals surface area contributed by atoms with Gasteiger partial charge in [-0.3, -0.25) is 0 Å². The van der Waals surface area contributed by atoms with Crippen molar-refractivity contribution < 1.29 is 32.6 Å². The van der Waals surface area contributed by atoms with Crippen molar-refractivity contribution in [2.75, 3.05) is 12.4 Å². The van der Waals surface area contributed by atoms with Crippen LogP contribution in [0.3, 0.4) is 0 Å². The van der Waals surface area contributed by atoms with Gasteiger partial charge < -0.3 is 15.2 Å². The molecule has 0 aliphatic heterocycles. The monoisotopic (exact) mass is 411 g/mol. The molecule has 1 aliphatic carbocycles. The van der Waals surface area contributed by atoms with Crippen molar-refractivity contribution in [3.05, 3.63) is 59.7 Å². The maximum absolute atomic E-state index is 12.3. The number of fused-ring (bicyclic) bond motifs is 3. The Labute approximate surface area is 162 Å². The third-order valence-corrected chi connectivity index (χ3v) is 5.17. The highest BCUT2D eigenvalue weighted by atomic mass is 32.2. The van der Waals surface area contributed by atoms with Gasteiger partial charge in [-0.05, 0) is 34.0 Å². The van der Waals surface area contributed by atoms with Crippen molar-refractivity contribution in [1.29, 1.82) is 0 Å². The van der Waals surface area contributed by atoms with Crippen LogP contribution in [-0.4, -0.2) is 41.1 Å². The van der Waals surface area contributed by atoms with Gasteiger partial charge in [0.15, 0.2) is 0 Å². The van der Waals surface area contributed by atoms with Crippen LogP contribution >= 0.6 is 11.8 Å². The Bertz CT molecular complexity index is 842. The molecule has 0 bridgehead atoms. The highest BCUT2D eigenvalue weighted by molar-refractivity contribution is 8.00. The predicted molar refractivity (Wildman–Crippen MR) is 98.1 cm³/mol. The first-order valence-corrected chi connectivity index (χ1v) is 9.30. The Balaban J connectivity index is 1.65. The van der Waals surface area contributed by atoms with Crippen LogP contribution in [0.25, 0.3) is 11.1 Å². The molecule has 5 nitrogen and oxygen atoms in total. The second kappa shape index (κ2) is 8.14. The number of alkyl halides is 3. The predicted octanol–water partition coefficient (Wildman–Crippen LogP) is 4.23. The first-order chi connectivity index (χ1) is 13.3. The summed E-state index contributed by atoms with van der Waals surface area (Å²) in [6.45, 7) is -0.0569. The number of ether oxygens (including phenoxy) is 1. The second-order valence-electron chi connectivity index (χ2n) is 6.12. The van der Waals surface area contributed by atoms with Gasteiger partial charge in [-0.2, -0.15) is 13.2 Å². The highest BCUT2D eigenvalue weighted by Crippen LogP contribution is 2.44. The minimum absolute atomic E-state index is 0.0569. The van der Waals surface area contributed by atoms with E-state index in [0.717, 1.165) is 22.3 Å². The number of thioether (sulfide) groups is 1. The van der Waals surface area contributed by atoms with Crippen molar-refractivity contribution in [2.45, 2.75) is 17.5 Å². The van der Waals surface area contributed by atoms with Crippen LogP contribution in [0.5, 0.6) is 0 Å². The third kappa shape index (κ3) is 4.59. The van der Waals surface area contributed by atoms with E-state index in [1.807, 2.05) is 53.8 Å². The zero-order valence-electron chi connectivity index (χ0n) is 14.4. The molecule has 1 amide bonds. The van der Waals surface area contributed by atoms with E-state index >= 15 is 0 Å². The number of alkyl carbamates (subject to hydrolysis) is 1. The van der Waals surface area contributed by atoms with E-state index in [9.17, 15) is 22.8 Å². The first-order valence-electron chi connectivity index (χ1n) is 8.31. The number of carbonyl (C=O) groups excluding carboxylic acids is 1. The Morgan fingerprint density at radius 2 is 1.61 bits per heavy atom. The summed E-state index contributed by atoms with van der Waals surface area (Å²) in [5.74, 6) is -2.64. The number of carbonyl (C=O) groups is 2. The van der Waals surface area contributed by atoms with Gasteiger partial charge in [-0.25, -0.2) is 9.59 Å². The lowest BCUT2D eigenvalue weighted by Gasteiger charge is -2.17. The number of carboxylic acid groups (broad SMARTS) is 1. The van der Waals surface area contributed by atoms with Crippen LogP contribution in [0, 0.1) is 0 Å². The largest absolute Gasteiger partial charge is 0.480 e. The van der Waals surface area contributed by atoms with Crippen LogP contribution in [0.1, 0.15) is 17.0 Å². The molecule has 0 fully saturated rings. The van der Waals surface area contributed by atoms with E-state index in [-0.39, 0.29) is 12.5 Å². The lowest BCUT2D eigenvalue weighted by atomic mass is 9.98. The smallest absolute Gasteiger partial charge is 0.441 e. The van der Waals surface area contributed by atoms with Gasteiger partial charge in [0.1, 0.15) is 12.6 Å². The molecule has 0 heterocycles. The highest BCUT2D eigenvalue weighted by Gasteiger charge is 2.33. The average Bonchev–Trinajstić information content (AvgIpc) is 2.96. The fourth-order valence-corrected chi connectivity index (χ4v) is 3.72. The van der Waals surface area contributed by atoms with Gasteiger partial charge in [0.25, 0.3) is 0 Å². The molecular formula is C19H16F3NO4S. The Hall–Kier alpha value is -2.68. The maximum Gasteiger partial charge on any atom is 0.441 e. The van der Waals surface area contributed by atoms with Gasteiger partial charge in [0, 0.05) is 11.7 Å². The molecule has 9 heteroatoms. The summed E-state index contributed by atoms with van der Waals surface area (Å²) < 4.78 is 42.0. The molecular weight excluding hydrogens is 395 g/mol. The van der Waals surface area contributed by atoms with Crippen molar-refractivity contribution >= 4 is 23.8 Å². The fourth-order valence-electron chi connectivity index (χ4n) is 3.13. The number of amides is 1. The lowest BCUT2D eigenvalue weighted by Crippen LogP contribution is -2.43. The van der Waals surface area contributed by atoms with Crippen LogP contribution in [0.2, 0.25) is 0 Å². The number of carboxylic acids is 1. The molecule has 1 aliphatic rings. The molecule has 0 saturated heterocycles.